The van der Waals surface area contributed by atoms with E-state index in [2.05, 4.69) is 4.98 Å². The number of fused-ring (bicyclic) bond motifs is 1. The highest BCUT2D eigenvalue weighted by Crippen LogP contribution is 2.17. The number of nitrogens with zero attached hydrogens (tertiary/aromatic N) is 1. The van der Waals surface area contributed by atoms with Crippen LogP contribution in [0.4, 0.5) is 4.39 Å². The summed E-state index contributed by atoms with van der Waals surface area (Å²) in [6.45, 7) is 1.99. The van der Waals surface area contributed by atoms with Crippen molar-refractivity contribution in [3.05, 3.63) is 40.3 Å². The third-order valence-electron chi connectivity index (χ3n) is 2.16. The molecule has 4 heteroatoms. The van der Waals surface area contributed by atoms with Gasteiger partial charge in [-0.25, -0.2) is 9.18 Å². The molecule has 15 heavy (non-hydrogen) atoms. The van der Waals surface area contributed by atoms with E-state index >= 15 is 0 Å². The molecular weight excluding hydrogens is 197 g/mol. The standard InChI is InChI=1S/C11H10FNO2/c1-2-3-9-8-5-4-7(12)6-10(8)15-11(14)13-9/h4-6H,2-3H2,1H3. The number of aryl methyl sites for hydroxylation is 1. The van der Waals surface area contributed by atoms with Crippen molar-refractivity contribution in [2.45, 2.75) is 19.8 Å². The van der Waals surface area contributed by atoms with Crippen LogP contribution >= 0.6 is 0 Å². The maximum atomic E-state index is 12.9. The first-order valence-electron chi connectivity index (χ1n) is 4.80. The van der Waals surface area contributed by atoms with Crippen LogP contribution in [0, 0.1) is 5.82 Å². The Balaban J connectivity index is 2.74. The molecule has 78 valence electrons. The number of rotatable bonds is 2. The summed E-state index contributed by atoms with van der Waals surface area (Å²) in [5.74, 6) is -1.09. The van der Waals surface area contributed by atoms with Crippen LogP contribution in [-0.2, 0) is 6.42 Å². The predicted octanol–water partition coefficient (Wildman–Crippen LogP) is 2.28. The molecule has 0 aliphatic rings. The van der Waals surface area contributed by atoms with Gasteiger partial charge in [0.05, 0.1) is 5.69 Å². The molecule has 0 spiro atoms. The van der Waals surface area contributed by atoms with Crippen molar-refractivity contribution in [1.29, 1.82) is 0 Å². The molecule has 0 aliphatic carbocycles. The van der Waals surface area contributed by atoms with E-state index in [0.29, 0.717) is 17.5 Å². The molecule has 2 rings (SSSR count). The van der Waals surface area contributed by atoms with E-state index in [-0.39, 0.29) is 5.58 Å². The third-order valence-corrected chi connectivity index (χ3v) is 2.16. The molecule has 0 aliphatic heterocycles. The number of benzene rings is 1. The molecule has 0 saturated carbocycles. The molecule has 1 aromatic heterocycles. The van der Waals surface area contributed by atoms with Crippen molar-refractivity contribution in [2.75, 3.05) is 0 Å². The van der Waals surface area contributed by atoms with Crippen LogP contribution in [0.15, 0.2) is 27.4 Å². The van der Waals surface area contributed by atoms with E-state index in [1.165, 1.54) is 12.1 Å². The Bertz CT molecular complexity index is 548. The Morgan fingerprint density at radius 2 is 2.27 bits per heavy atom. The van der Waals surface area contributed by atoms with Gasteiger partial charge in [-0.2, -0.15) is 4.98 Å². The second kappa shape index (κ2) is 3.81. The van der Waals surface area contributed by atoms with Gasteiger partial charge in [0.1, 0.15) is 11.4 Å². The Kier molecular flexibility index (Phi) is 2.49. The van der Waals surface area contributed by atoms with Gasteiger partial charge in [0.15, 0.2) is 0 Å². The van der Waals surface area contributed by atoms with E-state index < -0.39 is 11.6 Å². The fraction of sp³-hybridized carbons (Fsp3) is 0.273. The van der Waals surface area contributed by atoms with Crippen LogP contribution in [0.1, 0.15) is 19.0 Å². The zero-order valence-corrected chi connectivity index (χ0v) is 8.29. The lowest BCUT2D eigenvalue weighted by atomic mass is 10.1. The molecular formula is C11H10FNO2. The maximum absolute atomic E-state index is 12.9. The fourth-order valence-electron chi connectivity index (χ4n) is 1.53. The highest BCUT2D eigenvalue weighted by molar-refractivity contribution is 5.78. The highest BCUT2D eigenvalue weighted by atomic mass is 19.1. The molecule has 1 heterocycles. The van der Waals surface area contributed by atoms with Crippen molar-refractivity contribution < 1.29 is 8.81 Å². The summed E-state index contributed by atoms with van der Waals surface area (Å²) < 4.78 is 17.7. The average Bonchev–Trinajstić information content (AvgIpc) is 2.17. The molecule has 0 radical (unpaired) electrons. The molecule has 0 N–H and O–H groups in total. The zero-order chi connectivity index (χ0) is 10.8. The molecule has 0 bridgehead atoms. The minimum atomic E-state index is -0.670. The topological polar surface area (TPSA) is 43.1 Å². The lowest BCUT2D eigenvalue weighted by Gasteiger charge is -2.01. The van der Waals surface area contributed by atoms with Crippen LogP contribution in [0.25, 0.3) is 11.0 Å². The summed E-state index contributed by atoms with van der Waals surface area (Å²) in [5.41, 5.74) is 0.933. The van der Waals surface area contributed by atoms with Gasteiger partial charge in [-0.1, -0.05) is 13.3 Å². The molecule has 0 unspecified atom stereocenters. The largest absolute Gasteiger partial charge is 0.439 e. The molecule has 0 amide bonds. The van der Waals surface area contributed by atoms with E-state index in [0.717, 1.165) is 6.42 Å². The van der Waals surface area contributed by atoms with Gasteiger partial charge in [0.2, 0.25) is 0 Å². The SMILES string of the molecule is CCCc1nc(=O)oc2cc(F)ccc12. The second-order valence-electron chi connectivity index (χ2n) is 3.32. The Hall–Kier alpha value is -1.71. The van der Waals surface area contributed by atoms with Gasteiger partial charge in [0.25, 0.3) is 0 Å². The van der Waals surface area contributed by atoms with E-state index in [1.807, 2.05) is 6.92 Å². The molecule has 1 aromatic carbocycles. The van der Waals surface area contributed by atoms with Crippen molar-refractivity contribution in [1.82, 2.24) is 4.98 Å². The summed E-state index contributed by atoms with van der Waals surface area (Å²) in [7, 11) is 0. The lowest BCUT2D eigenvalue weighted by Crippen LogP contribution is -2.08. The number of halogens is 1. The van der Waals surface area contributed by atoms with Crippen molar-refractivity contribution in [2.24, 2.45) is 0 Å². The second-order valence-corrected chi connectivity index (χ2v) is 3.32. The van der Waals surface area contributed by atoms with Gasteiger partial charge < -0.3 is 4.42 Å². The van der Waals surface area contributed by atoms with Crippen LogP contribution in [0.2, 0.25) is 0 Å². The van der Waals surface area contributed by atoms with Gasteiger partial charge in [0, 0.05) is 11.5 Å². The first-order valence-corrected chi connectivity index (χ1v) is 4.80. The summed E-state index contributed by atoms with van der Waals surface area (Å²) >= 11 is 0. The van der Waals surface area contributed by atoms with Crippen LogP contribution in [0.5, 0.6) is 0 Å². The minimum absolute atomic E-state index is 0.262. The predicted molar refractivity (Wildman–Crippen MR) is 54.2 cm³/mol. The van der Waals surface area contributed by atoms with Crippen molar-refractivity contribution >= 4 is 11.0 Å². The summed E-state index contributed by atoms with van der Waals surface area (Å²) in [6.07, 6.45) is 1.57. The zero-order valence-electron chi connectivity index (χ0n) is 8.29. The maximum Gasteiger partial charge on any atom is 0.439 e. The van der Waals surface area contributed by atoms with E-state index in [4.69, 9.17) is 4.42 Å². The van der Waals surface area contributed by atoms with Crippen LogP contribution < -0.4 is 5.76 Å². The molecule has 0 saturated heterocycles. The van der Waals surface area contributed by atoms with Gasteiger partial charge in [-0.15, -0.1) is 0 Å². The van der Waals surface area contributed by atoms with Crippen molar-refractivity contribution in [3.63, 3.8) is 0 Å². The summed E-state index contributed by atoms with van der Waals surface area (Å²) in [5, 5.41) is 0.706. The lowest BCUT2D eigenvalue weighted by molar-refractivity contribution is 0.521. The van der Waals surface area contributed by atoms with E-state index in [1.54, 1.807) is 6.07 Å². The molecule has 0 atom stereocenters. The summed E-state index contributed by atoms with van der Waals surface area (Å²) in [4.78, 5) is 14.9. The highest BCUT2D eigenvalue weighted by Gasteiger charge is 2.06. The number of aromatic nitrogens is 1. The van der Waals surface area contributed by atoms with Crippen molar-refractivity contribution in [3.8, 4) is 0 Å². The first kappa shape index (κ1) is 9.83. The molecule has 0 fully saturated rings. The summed E-state index contributed by atoms with van der Waals surface area (Å²) in [6, 6.07) is 4.13. The monoisotopic (exact) mass is 207 g/mol. The normalized spacial score (nSPS) is 10.8. The minimum Gasteiger partial charge on any atom is -0.408 e. The van der Waals surface area contributed by atoms with Gasteiger partial charge in [-0.05, 0) is 18.6 Å². The van der Waals surface area contributed by atoms with Crippen LogP contribution in [0.3, 0.4) is 0 Å². The van der Waals surface area contributed by atoms with Crippen LogP contribution in [-0.4, -0.2) is 4.98 Å². The number of hydrogen-bond acceptors (Lipinski definition) is 3. The molecule has 3 nitrogen and oxygen atoms in total. The average molecular weight is 207 g/mol. The number of hydrogen-bond donors (Lipinski definition) is 0. The first-order chi connectivity index (χ1) is 7.20. The third kappa shape index (κ3) is 1.88. The fourth-order valence-corrected chi connectivity index (χ4v) is 1.53. The Morgan fingerprint density at radius 1 is 1.47 bits per heavy atom. The van der Waals surface area contributed by atoms with Gasteiger partial charge in [-0.3, -0.25) is 0 Å². The van der Waals surface area contributed by atoms with E-state index in [9.17, 15) is 9.18 Å². The molecule has 2 aromatic rings. The quantitative estimate of drug-likeness (QED) is 0.758. The smallest absolute Gasteiger partial charge is 0.408 e. The Labute approximate surface area is 85.6 Å². The Morgan fingerprint density at radius 3 is 3.00 bits per heavy atom. The van der Waals surface area contributed by atoms with Gasteiger partial charge >= 0.3 is 5.76 Å².